The molecule has 0 radical (unpaired) electrons. The number of benzene rings is 1. The van der Waals surface area contributed by atoms with Crippen molar-refractivity contribution in [2.45, 2.75) is 0 Å². The zero-order valence-corrected chi connectivity index (χ0v) is 10.3. The topological polar surface area (TPSA) is 37.3 Å². The normalized spacial score (nSPS) is 10.4. The summed E-state index contributed by atoms with van der Waals surface area (Å²) in [7, 11) is 0. The van der Waals surface area contributed by atoms with Gasteiger partial charge in [0.25, 0.3) is 0 Å². The molecule has 5 heteroatoms. The van der Waals surface area contributed by atoms with Crippen molar-refractivity contribution in [2.24, 2.45) is 0 Å². The van der Waals surface area contributed by atoms with Crippen LogP contribution < -0.4 is 0 Å². The van der Waals surface area contributed by atoms with E-state index in [9.17, 15) is 9.18 Å². The van der Waals surface area contributed by atoms with Crippen LogP contribution in [0.25, 0.3) is 10.4 Å². The molecule has 1 N–H and O–H groups in total. The summed E-state index contributed by atoms with van der Waals surface area (Å²) >= 11 is 4.41. The number of thiophene rings is 1. The zero-order chi connectivity index (χ0) is 11.7. The number of carbonyl (C=O) groups is 1. The first-order chi connectivity index (χ1) is 7.58. The van der Waals surface area contributed by atoms with Crippen LogP contribution in [0.3, 0.4) is 0 Å². The van der Waals surface area contributed by atoms with E-state index in [1.807, 2.05) is 0 Å². The van der Waals surface area contributed by atoms with Crippen molar-refractivity contribution in [1.82, 2.24) is 0 Å². The van der Waals surface area contributed by atoms with Gasteiger partial charge in [0.2, 0.25) is 0 Å². The molecular weight excluding hydrogens is 295 g/mol. The number of rotatable bonds is 2. The maximum atomic E-state index is 12.9. The summed E-state index contributed by atoms with van der Waals surface area (Å²) in [5.41, 5.74) is 0.791. The standard InChI is InChI=1S/C11H6BrFO2S/c12-8-5-6(13)1-2-7(8)9-3-4-10(16-9)11(14)15/h1-5H,(H,14,15). The Bertz CT molecular complexity index is 551. The minimum atomic E-state index is -0.950. The van der Waals surface area contributed by atoms with Crippen LogP contribution in [-0.2, 0) is 0 Å². The second-order valence-electron chi connectivity index (χ2n) is 3.09. The summed E-state index contributed by atoms with van der Waals surface area (Å²) in [6.07, 6.45) is 0. The molecule has 0 bridgehead atoms. The SMILES string of the molecule is O=C(O)c1ccc(-c2ccc(F)cc2Br)s1. The molecule has 0 aliphatic heterocycles. The lowest BCUT2D eigenvalue weighted by Crippen LogP contribution is -1.89. The van der Waals surface area contributed by atoms with Crippen LogP contribution in [0.2, 0.25) is 0 Å². The van der Waals surface area contributed by atoms with Crippen molar-refractivity contribution in [3.8, 4) is 10.4 Å². The van der Waals surface area contributed by atoms with Gasteiger partial charge in [0.15, 0.2) is 0 Å². The van der Waals surface area contributed by atoms with Gasteiger partial charge < -0.3 is 5.11 Å². The van der Waals surface area contributed by atoms with E-state index in [0.717, 1.165) is 21.8 Å². The molecule has 0 atom stereocenters. The Morgan fingerprint density at radius 1 is 1.31 bits per heavy atom. The molecule has 0 unspecified atom stereocenters. The number of carboxylic acid groups (broad SMARTS) is 1. The number of hydrogen-bond acceptors (Lipinski definition) is 2. The van der Waals surface area contributed by atoms with Gasteiger partial charge in [-0.15, -0.1) is 11.3 Å². The minimum absolute atomic E-state index is 0.270. The molecule has 82 valence electrons. The van der Waals surface area contributed by atoms with Crippen LogP contribution in [-0.4, -0.2) is 11.1 Å². The Morgan fingerprint density at radius 3 is 2.62 bits per heavy atom. The molecule has 0 aliphatic rings. The van der Waals surface area contributed by atoms with Gasteiger partial charge in [-0.2, -0.15) is 0 Å². The van der Waals surface area contributed by atoms with Gasteiger partial charge in [0.1, 0.15) is 10.7 Å². The number of hydrogen-bond donors (Lipinski definition) is 1. The van der Waals surface area contributed by atoms with Crippen molar-refractivity contribution < 1.29 is 14.3 Å². The monoisotopic (exact) mass is 300 g/mol. The average Bonchev–Trinajstić information content (AvgIpc) is 2.66. The molecule has 1 aromatic heterocycles. The summed E-state index contributed by atoms with van der Waals surface area (Å²) in [4.78, 5) is 11.8. The lowest BCUT2D eigenvalue weighted by atomic mass is 10.2. The van der Waals surface area contributed by atoms with E-state index in [0.29, 0.717) is 4.47 Å². The van der Waals surface area contributed by atoms with E-state index in [1.54, 1.807) is 12.1 Å². The lowest BCUT2D eigenvalue weighted by molar-refractivity contribution is 0.0702. The molecule has 2 aromatic rings. The zero-order valence-electron chi connectivity index (χ0n) is 7.91. The molecule has 0 aliphatic carbocycles. The van der Waals surface area contributed by atoms with Gasteiger partial charge in [-0.1, -0.05) is 15.9 Å². The molecule has 0 spiro atoms. The summed E-state index contributed by atoms with van der Waals surface area (Å²) < 4.78 is 13.5. The van der Waals surface area contributed by atoms with E-state index < -0.39 is 5.97 Å². The Morgan fingerprint density at radius 2 is 2.06 bits per heavy atom. The molecule has 0 saturated carbocycles. The van der Waals surface area contributed by atoms with Crippen LogP contribution in [0.15, 0.2) is 34.8 Å². The second kappa shape index (κ2) is 4.35. The quantitative estimate of drug-likeness (QED) is 0.910. The molecule has 1 aromatic carbocycles. The van der Waals surface area contributed by atoms with E-state index in [2.05, 4.69) is 15.9 Å². The summed E-state index contributed by atoms with van der Waals surface area (Å²) in [5, 5.41) is 8.80. The number of aromatic carboxylic acids is 1. The summed E-state index contributed by atoms with van der Waals surface area (Å²) in [6, 6.07) is 7.58. The molecule has 0 amide bonds. The smallest absolute Gasteiger partial charge is 0.345 e. The Balaban J connectivity index is 2.46. The molecule has 2 nitrogen and oxygen atoms in total. The van der Waals surface area contributed by atoms with E-state index in [1.165, 1.54) is 18.2 Å². The van der Waals surface area contributed by atoms with Gasteiger partial charge in [-0.3, -0.25) is 0 Å². The number of halogens is 2. The summed E-state index contributed by atoms with van der Waals surface area (Å²) in [6.45, 7) is 0. The van der Waals surface area contributed by atoms with Gasteiger partial charge >= 0.3 is 5.97 Å². The highest BCUT2D eigenvalue weighted by Gasteiger charge is 2.10. The van der Waals surface area contributed by atoms with Crippen LogP contribution in [0, 0.1) is 5.82 Å². The largest absolute Gasteiger partial charge is 0.477 e. The molecular formula is C11H6BrFO2S. The maximum absolute atomic E-state index is 12.9. The third kappa shape index (κ3) is 2.15. The van der Waals surface area contributed by atoms with Crippen molar-refractivity contribution in [3.63, 3.8) is 0 Å². The summed E-state index contributed by atoms with van der Waals surface area (Å²) in [5.74, 6) is -1.28. The third-order valence-corrected chi connectivity index (χ3v) is 3.78. The fourth-order valence-electron chi connectivity index (χ4n) is 1.29. The van der Waals surface area contributed by atoms with E-state index in [-0.39, 0.29) is 10.7 Å². The maximum Gasteiger partial charge on any atom is 0.345 e. The Hall–Kier alpha value is -1.20. The predicted molar refractivity (Wildman–Crippen MR) is 64.4 cm³/mol. The fraction of sp³-hybridized carbons (Fsp3) is 0. The highest BCUT2D eigenvalue weighted by atomic mass is 79.9. The highest BCUT2D eigenvalue weighted by Crippen LogP contribution is 2.33. The van der Waals surface area contributed by atoms with Gasteiger partial charge in [-0.05, 0) is 30.3 Å². The first kappa shape index (κ1) is 11.3. The van der Waals surface area contributed by atoms with Crippen LogP contribution >= 0.6 is 27.3 Å². The van der Waals surface area contributed by atoms with Crippen molar-refractivity contribution in [2.75, 3.05) is 0 Å². The second-order valence-corrected chi connectivity index (χ2v) is 5.03. The van der Waals surface area contributed by atoms with Gasteiger partial charge in [0.05, 0.1) is 0 Å². The first-order valence-corrected chi connectivity index (χ1v) is 5.97. The third-order valence-electron chi connectivity index (χ3n) is 2.01. The van der Waals surface area contributed by atoms with E-state index in [4.69, 9.17) is 5.11 Å². The Kier molecular flexibility index (Phi) is 3.07. The van der Waals surface area contributed by atoms with Gasteiger partial charge in [-0.25, -0.2) is 9.18 Å². The molecule has 2 rings (SSSR count). The molecule has 16 heavy (non-hydrogen) atoms. The predicted octanol–water partition coefficient (Wildman–Crippen LogP) is 4.01. The molecule has 0 fully saturated rings. The minimum Gasteiger partial charge on any atom is -0.477 e. The van der Waals surface area contributed by atoms with E-state index >= 15 is 0 Å². The van der Waals surface area contributed by atoms with Crippen molar-refractivity contribution in [1.29, 1.82) is 0 Å². The van der Waals surface area contributed by atoms with Gasteiger partial charge in [0, 0.05) is 14.9 Å². The van der Waals surface area contributed by atoms with Crippen LogP contribution in [0.4, 0.5) is 4.39 Å². The Labute approximate surface area is 103 Å². The van der Waals surface area contributed by atoms with Crippen molar-refractivity contribution in [3.05, 3.63) is 45.5 Å². The molecule has 1 heterocycles. The fourth-order valence-corrected chi connectivity index (χ4v) is 2.87. The van der Waals surface area contributed by atoms with Crippen LogP contribution in [0.1, 0.15) is 9.67 Å². The van der Waals surface area contributed by atoms with Crippen molar-refractivity contribution >= 4 is 33.2 Å². The van der Waals surface area contributed by atoms with Crippen LogP contribution in [0.5, 0.6) is 0 Å². The average molecular weight is 301 g/mol. The molecule has 0 saturated heterocycles. The lowest BCUT2D eigenvalue weighted by Gasteiger charge is -2.00. The first-order valence-electron chi connectivity index (χ1n) is 4.36. The highest BCUT2D eigenvalue weighted by molar-refractivity contribution is 9.10. The number of carboxylic acids is 1.